The van der Waals surface area contributed by atoms with Crippen LogP contribution >= 0.6 is 0 Å². The fourth-order valence-electron chi connectivity index (χ4n) is 3.31. The second-order valence-electron chi connectivity index (χ2n) is 7.69. The third-order valence-electron chi connectivity index (χ3n) is 4.60. The topological polar surface area (TPSA) is 41.5 Å². The first-order valence-corrected chi connectivity index (χ1v) is 9.44. The van der Waals surface area contributed by atoms with E-state index in [2.05, 4.69) is 52.9 Å². The Morgan fingerprint density at radius 3 is 2.85 bits per heavy atom. The largest absolute Gasteiger partial charge is 0.489 e. The van der Waals surface area contributed by atoms with Crippen molar-refractivity contribution in [2.24, 2.45) is 0 Å². The zero-order chi connectivity index (χ0) is 18.5. The number of pyridine rings is 2. The summed E-state index contributed by atoms with van der Waals surface area (Å²) in [4.78, 5) is 13.7. The average Bonchev–Trinajstić information content (AvgIpc) is 3.01. The van der Waals surface area contributed by atoms with Crippen molar-refractivity contribution in [3.8, 4) is 5.75 Å². The van der Waals surface area contributed by atoms with E-state index in [1.807, 2.05) is 26.4 Å². The molecule has 3 rings (SSSR count). The highest BCUT2D eigenvalue weighted by molar-refractivity contribution is 5.23. The standard InChI is InChI=1S/C21H30N4O/c1-16(2)21-7-5-6-17(23-21)14-25-11-9-20(15-25)26-19-8-10-22-18(12-19)13-24(3)4/h5-8,10,12,16,20H,9,11,13-15H2,1-4H3. The Hall–Kier alpha value is -1.98. The van der Waals surface area contributed by atoms with Crippen LogP contribution in [-0.4, -0.2) is 53.1 Å². The van der Waals surface area contributed by atoms with Crippen LogP contribution in [0.5, 0.6) is 5.75 Å². The Labute approximate surface area is 157 Å². The summed E-state index contributed by atoms with van der Waals surface area (Å²) in [6.45, 7) is 8.08. The van der Waals surface area contributed by atoms with Crippen LogP contribution in [0.15, 0.2) is 36.5 Å². The molecule has 0 aliphatic carbocycles. The molecule has 0 saturated carbocycles. The van der Waals surface area contributed by atoms with E-state index in [1.165, 1.54) is 5.69 Å². The first kappa shape index (κ1) is 18.8. The van der Waals surface area contributed by atoms with E-state index in [-0.39, 0.29) is 6.10 Å². The third kappa shape index (κ3) is 5.26. The quantitative estimate of drug-likeness (QED) is 0.763. The predicted octanol–water partition coefficient (Wildman–Crippen LogP) is 3.31. The number of hydrogen-bond acceptors (Lipinski definition) is 5. The van der Waals surface area contributed by atoms with Crippen molar-refractivity contribution >= 4 is 0 Å². The molecule has 1 aliphatic rings. The minimum atomic E-state index is 0.234. The highest BCUT2D eigenvalue weighted by atomic mass is 16.5. The Morgan fingerprint density at radius 2 is 2.08 bits per heavy atom. The lowest BCUT2D eigenvalue weighted by atomic mass is 10.1. The highest BCUT2D eigenvalue weighted by Crippen LogP contribution is 2.21. The molecule has 0 bridgehead atoms. The molecule has 5 nitrogen and oxygen atoms in total. The van der Waals surface area contributed by atoms with Gasteiger partial charge in [-0.3, -0.25) is 14.9 Å². The molecule has 1 aliphatic heterocycles. The Morgan fingerprint density at radius 1 is 1.23 bits per heavy atom. The van der Waals surface area contributed by atoms with Gasteiger partial charge in [-0.1, -0.05) is 19.9 Å². The van der Waals surface area contributed by atoms with Crippen molar-refractivity contribution in [3.63, 3.8) is 0 Å². The molecule has 2 aromatic rings. The molecule has 0 spiro atoms. The van der Waals surface area contributed by atoms with Crippen LogP contribution < -0.4 is 4.74 Å². The SMILES string of the molecule is CC(C)c1cccc(CN2CCC(Oc3ccnc(CN(C)C)c3)C2)n1. The monoisotopic (exact) mass is 354 g/mol. The molecule has 1 atom stereocenters. The van der Waals surface area contributed by atoms with Crippen LogP contribution in [0.3, 0.4) is 0 Å². The lowest BCUT2D eigenvalue weighted by molar-refractivity contribution is 0.197. The number of likely N-dealkylation sites (tertiary alicyclic amines) is 1. The number of rotatable bonds is 7. The van der Waals surface area contributed by atoms with Crippen molar-refractivity contribution in [2.45, 2.75) is 45.4 Å². The van der Waals surface area contributed by atoms with Crippen molar-refractivity contribution in [3.05, 3.63) is 53.6 Å². The molecule has 0 radical (unpaired) electrons. The second-order valence-corrected chi connectivity index (χ2v) is 7.69. The van der Waals surface area contributed by atoms with E-state index in [0.717, 1.165) is 49.7 Å². The van der Waals surface area contributed by atoms with Crippen molar-refractivity contribution in [2.75, 3.05) is 27.2 Å². The molecule has 3 heterocycles. The molecule has 5 heteroatoms. The van der Waals surface area contributed by atoms with Crippen LogP contribution in [0.25, 0.3) is 0 Å². The fourth-order valence-corrected chi connectivity index (χ4v) is 3.31. The summed E-state index contributed by atoms with van der Waals surface area (Å²) in [7, 11) is 4.10. The van der Waals surface area contributed by atoms with Gasteiger partial charge in [0.1, 0.15) is 11.9 Å². The molecule has 0 aromatic carbocycles. The molecule has 1 unspecified atom stereocenters. The maximum absolute atomic E-state index is 6.21. The van der Waals surface area contributed by atoms with Gasteiger partial charge in [0.25, 0.3) is 0 Å². The van der Waals surface area contributed by atoms with Gasteiger partial charge in [0.05, 0.1) is 11.4 Å². The molecule has 1 fully saturated rings. The third-order valence-corrected chi connectivity index (χ3v) is 4.60. The van der Waals surface area contributed by atoms with Crippen LogP contribution in [0.1, 0.15) is 43.3 Å². The Kier molecular flexibility index (Phi) is 6.22. The number of hydrogen-bond donors (Lipinski definition) is 0. The van der Waals surface area contributed by atoms with Crippen LogP contribution in [0.4, 0.5) is 0 Å². The first-order chi connectivity index (χ1) is 12.5. The van der Waals surface area contributed by atoms with Gasteiger partial charge in [-0.2, -0.15) is 0 Å². The molecule has 0 N–H and O–H groups in total. The average molecular weight is 354 g/mol. The van der Waals surface area contributed by atoms with Crippen molar-refractivity contribution in [1.82, 2.24) is 19.8 Å². The molecule has 0 amide bonds. The molecule has 26 heavy (non-hydrogen) atoms. The van der Waals surface area contributed by atoms with Gasteiger partial charge < -0.3 is 9.64 Å². The molecule has 2 aromatic heterocycles. The van der Waals surface area contributed by atoms with Gasteiger partial charge in [0.2, 0.25) is 0 Å². The van der Waals surface area contributed by atoms with Crippen molar-refractivity contribution in [1.29, 1.82) is 0 Å². The van der Waals surface area contributed by atoms with E-state index >= 15 is 0 Å². The van der Waals surface area contributed by atoms with Crippen LogP contribution in [-0.2, 0) is 13.1 Å². The normalized spacial score (nSPS) is 18.0. The second kappa shape index (κ2) is 8.60. The summed E-state index contributed by atoms with van der Waals surface area (Å²) >= 11 is 0. The molecule has 140 valence electrons. The van der Waals surface area contributed by atoms with Crippen LogP contribution in [0.2, 0.25) is 0 Å². The van der Waals surface area contributed by atoms with Gasteiger partial charge in [-0.05, 0) is 44.6 Å². The summed E-state index contributed by atoms with van der Waals surface area (Å²) in [6.07, 6.45) is 3.12. The number of ether oxygens (including phenoxy) is 1. The number of nitrogens with zero attached hydrogens (tertiary/aromatic N) is 4. The smallest absolute Gasteiger partial charge is 0.123 e. The summed E-state index contributed by atoms with van der Waals surface area (Å²) in [5, 5.41) is 0. The van der Waals surface area contributed by atoms with E-state index in [1.54, 1.807) is 0 Å². The summed E-state index contributed by atoms with van der Waals surface area (Å²) in [5.41, 5.74) is 3.35. The van der Waals surface area contributed by atoms with Gasteiger partial charge in [0.15, 0.2) is 0 Å². The van der Waals surface area contributed by atoms with Crippen LogP contribution in [0, 0.1) is 0 Å². The van der Waals surface area contributed by atoms with E-state index in [0.29, 0.717) is 5.92 Å². The summed E-state index contributed by atoms with van der Waals surface area (Å²) in [6, 6.07) is 10.4. The zero-order valence-corrected chi connectivity index (χ0v) is 16.4. The fraction of sp³-hybridized carbons (Fsp3) is 0.524. The lowest BCUT2D eigenvalue weighted by Crippen LogP contribution is -2.25. The summed E-state index contributed by atoms with van der Waals surface area (Å²) < 4.78 is 6.21. The Balaban J connectivity index is 1.55. The van der Waals surface area contributed by atoms with Gasteiger partial charge in [-0.15, -0.1) is 0 Å². The maximum Gasteiger partial charge on any atom is 0.123 e. The van der Waals surface area contributed by atoms with Gasteiger partial charge >= 0.3 is 0 Å². The number of aromatic nitrogens is 2. The van der Waals surface area contributed by atoms with E-state index in [4.69, 9.17) is 9.72 Å². The zero-order valence-electron chi connectivity index (χ0n) is 16.4. The minimum Gasteiger partial charge on any atom is -0.489 e. The molecular weight excluding hydrogens is 324 g/mol. The van der Waals surface area contributed by atoms with E-state index < -0.39 is 0 Å². The van der Waals surface area contributed by atoms with E-state index in [9.17, 15) is 0 Å². The maximum atomic E-state index is 6.21. The van der Waals surface area contributed by atoms with Gasteiger partial charge in [-0.25, -0.2) is 0 Å². The minimum absolute atomic E-state index is 0.234. The molecule has 1 saturated heterocycles. The highest BCUT2D eigenvalue weighted by Gasteiger charge is 2.24. The van der Waals surface area contributed by atoms with Gasteiger partial charge in [0, 0.05) is 44.1 Å². The van der Waals surface area contributed by atoms with Crippen molar-refractivity contribution < 1.29 is 4.74 Å². The predicted molar refractivity (Wildman–Crippen MR) is 104 cm³/mol. The lowest BCUT2D eigenvalue weighted by Gasteiger charge is -2.18. The summed E-state index contributed by atoms with van der Waals surface area (Å²) in [5.74, 6) is 1.39. The Bertz CT molecular complexity index is 717. The first-order valence-electron chi connectivity index (χ1n) is 9.44. The molecular formula is C21H30N4O.